The molecule has 2 aromatic rings. The van der Waals surface area contributed by atoms with Gasteiger partial charge >= 0.3 is 0 Å². The zero-order valence-electron chi connectivity index (χ0n) is 14.4. The van der Waals surface area contributed by atoms with Crippen LogP contribution >= 0.6 is 0 Å². The third-order valence-electron chi connectivity index (χ3n) is 4.82. The van der Waals surface area contributed by atoms with Crippen molar-refractivity contribution >= 4 is 5.91 Å². The minimum atomic E-state index is 0.0546. The number of aryl methyl sites for hydroxylation is 2. The number of benzene rings is 1. The van der Waals surface area contributed by atoms with Gasteiger partial charge in [0.25, 0.3) is 0 Å². The average Bonchev–Trinajstić information content (AvgIpc) is 2.82. The van der Waals surface area contributed by atoms with Gasteiger partial charge in [0.05, 0.1) is 18.7 Å². The van der Waals surface area contributed by atoms with E-state index >= 15 is 0 Å². The fraction of sp³-hybridized carbons (Fsp3) is 0.474. The second kappa shape index (κ2) is 5.84. The molecule has 0 bridgehead atoms. The van der Waals surface area contributed by atoms with Crippen LogP contribution in [-0.4, -0.2) is 15.7 Å². The molecule has 3 rings (SSSR count). The van der Waals surface area contributed by atoms with Crippen LogP contribution in [0.15, 0.2) is 30.5 Å². The Morgan fingerprint density at radius 1 is 1.39 bits per heavy atom. The van der Waals surface area contributed by atoms with E-state index in [0.717, 1.165) is 24.0 Å². The molecule has 23 heavy (non-hydrogen) atoms. The molecule has 1 amide bonds. The molecule has 4 heteroatoms. The molecule has 1 aliphatic rings. The lowest BCUT2D eigenvalue weighted by atomic mass is 9.74. The predicted molar refractivity (Wildman–Crippen MR) is 91.1 cm³/mol. The highest BCUT2D eigenvalue weighted by atomic mass is 16.1. The first-order chi connectivity index (χ1) is 10.9. The summed E-state index contributed by atoms with van der Waals surface area (Å²) >= 11 is 0. The summed E-state index contributed by atoms with van der Waals surface area (Å²) in [6.45, 7) is 6.55. The first kappa shape index (κ1) is 15.8. The number of hydrogen-bond donors (Lipinski definition) is 1. The monoisotopic (exact) mass is 311 g/mol. The van der Waals surface area contributed by atoms with Gasteiger partial charge < -0.3 is 5.32 Å². The third kappa shape index (κ3) is 3.31. The van der Waals surface area contributed by atoms with Gasteiger partial charge in [0, 0.05) is 18.3 Å². The smallest absolute Gasteiger partial charge is 0.224 e. The Morgan fingerprint density at radius 3 is 2.87 bits per heavy atom. The van der Waals surface area contributed by atoms with Crippen LogP contribution in [0.25, 0.3) is 0 Å². The summed E-state index contributed by atoms with van der Waals surface area (Å²) in [6.07, 6.45) is 4.29. The van der Waals surface area contributed by atoms with E-state index in [4.69, 9.17) is 0 Å². The Hall–Kier alpha value is -2.10. The molecule has 1 atom stereocenters. The summed E-state index contributed by atoms with van der Waals surface area (Å²) in [5, 5.41) is 7.61. The molecular weight excluding hydrogens is 286 g/mol. The van der Waals surface area contributed by atoms with Crippen molar-refractivity contribution in [3.8, 4) is 0 Å². The van der Waals surface area contributed by atoms with Crippen molar-refractivity contribution in [2.75, 3.05) is 0 Å². The molecule has 4 nitrogen and oxygen atoms in total. The Labute approximate surface area is 137 Å². The number of hydrogen-bond acceptors (Lipinski definition) is 2. The average molecular weight is 311 g/mol. The standard InChI is InChI=1S/C19H25N3O/c1-13-7-5-6-8-14(13)9-18(23)21-16-10-19(2,3)11-17-15(16)12-20-22(17)4/h5-8,12,16H,9-11H2,1-4H3,(H,21,23)/t16-/m1/s1. The van der Waals surface area contributed by atoms with Crippen molar-refractivity contribution in [2.24, 2.45) is 12.5 Å². The van der Waals surface area contributed by atoms with Crippen molar-refractivity contribution in [2.45, 2.75) is 46.1 Å². The van der Waals surface area contributed by atoms with Crippen molar-refractivity contribution in [3.05, 3.63) is 52.8 Å². The Morgan fingerprint density at radius 2 is 2.13 bits per heavy atom. The van der Waals surface area contributed by atoms with E-state index in [2.05, 4.69) is 24.3 Å². The molecule has 0 radical (unpaired) electrons. The lowest BCUT2D eigenvalue weighted by Crippen LogP contribution is -2.37. The fourth-order valence-electron chi connectivity index (χ4n) is 3.53. The molecule has 1 N–H and O–H groups in total. The van der Waals surface area contributed by atoms with Gasteiger partial charge in [0.2, 0.25) is 5.91 Å². The maximum Gasteiger partial charge on any atom is 0.224 e. The fourth-order valence-corrected chi connectivity index (χ4v) is 3.53. The van der Waals surface area contributed by atoms with Gasteiger partial charge in [0.15, 0.2) is 0 Å². The van der Waals surface area contributed by atoms with E-state index < -0.39 is 0 Å². The third-order valence-corrected chi connectivity index (χ3v) is 4.82. The molecule has 0 saturated heterocycles. The zero-order valence-corrected chi connectivity index (χ0v) is 14.4. The van der Waals surface area contributed by atoms with Gasteiger partial charge in [-0.1, -0.05) is 38.1 Å². The van der Waals surface area contributed by atoms with Crippen LogP contribution in [0.1, 0.15) is 48.7 Å². The Bertz CT molecular complexity index is 730. The second-order valence-electron chi connectivity index (χ2n) is 7.44. The first-order valence-corrected chi connectivity index (χ1v) is 8.20. The summed E-state index contributed by atoms with van der Waals surface area (Å²) < 4.78 is 1.94. The summed E-state index contributed by atoms with van der Waals surface area (Å²) in [6, 6.07) is 8.11. The van der Waals surface area contributed by atoms with E-state index in [1.165, 1.54) is 11.3 Å². The summed E-state index contributed by atoms with van der Waals surface area (Å²) in [7, 11) is 1.98. The quantitative estimate of drug-likeness (QED) is 0.947. The van der Waals surface area contributed by atoms with Gasteiger partial charge in [-0.05, 0) is 36.3 Å². The Balaban J connectivity index is 1.77. The minimum Gasteiger partial charge on any atom is -0.349 e. The molecule has 1 aromatic heterocycles. The number of aromatic nitrogens is 2. The highest BCUT2D eigenvalue weighted by Crippen LogP contribution is 2.40. The van der Waals surface area contributed by atoms with Crippen molar-refractivity contribution in [1.29, 1.82) is 0 Å². The maximum atomic E-state index is 12.5. The second-order valence-corrected chi connectivity index (χ2v) is 7.44. The van der Waals surface area contributed by atoms with E-state index in [9.17, 15) is 4.79 Å². The number of nitrogens with one attached hydrogen (secondary N) is 1. The maximum absolute atomic E-state index is 12.5. The predicted octanol–water partition coefficient (Wildman–Crippen LogP) is 3.10. The van der Waals surface area contributed by atoms with Gasteiger partial charge in [0.1, 0.15) is 0 Å². The lowest BCUT2D eigenvalue weighted by Gasteiger charge is -2.35. The van der Waals surface area contributed by atoms with E-state index in [1.807, 2.05) is 49.1 Å². The summed E-state index contributed by atoms with van der Waals surface area (Å²) in [4.78, 5) is 12.5. The van der Waals surface area contributed by atoms with Crippen LogP contribution in [0.3, 0.4) is 0 Å². The first-order valence-electron chi connectivity index (χ1n) is 8.20. The van der Waals surface area contributed by atoms with Crippen LogP contribution in [0.4, 0.5) is 0 Å². The zero-order chi connectivity index (χ0) is 16.6. The van der Waals surface area contributed by atoms with Crippen LogP contribution in [-0.2, 0) is 24.7 Å². The molecule has 0 spiro atoms. The SMILES string of the molecule is Cc1ccccc1CC(=O)N[C@@H]1CC(C)(C)Cc2c1cnn2C. The molecule has 122 valence electrons. The van der Waals surface area contributed by atoms with Gasteiger partial charge in [-0.2, -0.15) is 5.10 Å². The summed E-state index contributed by atoms with van der Waals surface area (Å²) in [5.41, 5.74) is 4.83. The van der Waals surface area contributed by atoms with E-state index in [0.29, 0.717) is 6.42 Å². The molecule has 0 unspecified atom stereocenters. The molecule has 0 fully saturated rings. The lowest BCUT2D eigenvalue weighted by molar-refractivity contribution is -0.121. The summed E-state index contributed by atoms with van der Waals surface area (Å²) in [5.74, 6) is 0.0804. The van der Waals surface area contributed by atoms with Gasteiger partial charge in [-0.3, -0.25) is 9.48 Å². The highest BCUT2D eigenvalue weighted by molar-refractivity contribution is 5.79. The van der Waals surface area contributed by atoms with Crippen LogP contribution < -0.4 is 5.32 Å². The normalized spacial score (nSPS) is 19.2. The van der Waals surface area contributed by atoms with Gasteiger partial charge in [-0.25, -0.2) is 0 Å². The molecule has 1 aliphatic carbocycles. The number of nitrogens with zero attached hydrogens (tertiary/aromatic N) is 2. The molecular formula is C19H25N3O. The van der Waals surface area contributed by atoms with Gasteiger partial charge in [-0.15, -0.1) is 0 Å². The van der Waals surface area contributed by atoms with E-state index in [-0.39, 0.29) is 17.4 Å². The topological polar surface area (TPSA) is 46.9 Å². The molecule has 0 saturated carbocycles. The largest absolute Gasteiger partial charge is 0.349 e. The number of amides is 1. The number of carbonyl (C=O) groups excluding carboxylic acids is 1. The van der Waals surface area contributed by atoms with Crippen molar-refractivity contribution in [1.82, 2.24) is 15.1 Å². The van der Waals surface area contributed by atoms with Crippen LogP contribution in [0, 0.1) is 12.3 Å². The van der Waals surface area contributed by atoms with Crippen molar-refractivity contribution in [3.63, 3.8) is 0 Å². The van der Waals surface area contributed by atoms with E-state index in [1.54, 1.807) is 0 Å². The highest BCUT2D eigenvalue weighted by Gasteiger charge is 2.35. The number of carbonyl (C=O) groups is 1. The van der Waals surface area contributed by atoms with Crippen molar-refractivity contribution < 1.29 is 4.79 Å². The molecule has 0 aliphatic heterocycles. The van der Waals surface area contributed by atoms with Crippen LogP contribution in [0.2, 0.25) is 0 Å². The number of rotatable bonds is 3. The Kier molecular flexibility index (Phi) is 4.00. The molecule has 1 heterocycles. The van der Waals surface area contributed by atoms with Crippen LogP contribution in [0.5, 0.6) is 0 Å². The number of fused-ring (bicyclic) bond motifs is 1. The minimum absolute atomic E-state index is 0.0546. The molecule has 1 aromatic carbocycles.